The molecule has 7 aromatic rings. The van der Waals surface area contributed by atoms with Crippen LogP contribution in [0.2, 0.25) is 0 Å². The van der Waals surface area contributed by atoms with E-state index in [0.29, 0.717) is 0 Å². The Hall–Kier alpha value is -5.60. The predicted molar refractivity (Wildman–Crippen MR) is 179 cm³/mol. The predicted octanol–water partition coefficient (Wildman–Crippen LogP) is 11.4. The molecular formula is C40H30N2. The summed E-state index contributed by atoms with van der Waals surface area (Å²) in [6.45, 7) is 0. The Kier molecular flexibility index (Phi) is 6.94. The normalized spacial score (nSPS) is 10.9. The summed E-state index contributed by atoms with van der Waals surface area (Å²) in [7, 11) is 0. The molecule has 0 aromatic heterocycles. The number of rotatable bonds is 7. The average molecular weight is 539 g/mol. The second-order valence-corrected chi connectivity index (χ2v) is 10.2. The van der Waals surface area contributed by atoms with Crippen LogP contribution in [0.15, 0.2) is 182 Å². The second-order valence-electron chi connectivity index (χ2n) is 10.2. The van der Waals surface area contributed by atoms with Gasteiger partial charge in [0.25, 0.3) is 0 Å². The van der Waals surface area contributed by atoms with E-state index in [1.54, 1.807) is 0 Å². The van der Waals surface area contributed by atoms with Crippen molar-refractivity contribution in [3.63, 3.8) is 0 Å². The number of anilines is 6. The largest absolute Gasteiger partial charge is 0.311 e. The van der Waals surface area contributed by atoms with Gasteiger partial charge in [-0.2, -0.15) is 0 Å². The minimum atomic E-state index is 1.10. The van der Waals surface area contributed by atoms with Gasteiger partial charge in [0.1, 0.15) is 0 Å². The molecular weight excluding hydrogens is 508 g/mol. The Bertz CT molecular complexity index is 1860. The van der Waals surface area contributed by atoms with E-state index in [1.165, 1.54) is 21.9 Å². The molecule has 0 aliphatic rings. The molecule has 0 aliphatic heterocycles. The lowest BCUT2D eigenvalue weighted by Gasteiger charge is -2.30. The lowest BCUT2D eigenvalue weighted by atomic mass is 9.95. The van der Waals surface area contributed by atoms with Gasteiger partial charge < -0.3 is 9.80 Å². The van der Waals surface area contributed by atoms with Crippen molar-refractivity contribution in [2.45, 2.75) is 0 Å². The summed E-state index contributed by atoms with van der Waals surface area (Å²) in [6, 6.07) is 64.4. The number of nitrogens with zero attached hydrogens (tertiary/aromatic N) is 2. The standard InChI is InChI=1S/C40H30N2/c1-5-16-32(17-6-1)40-38-24-14-13-15-31(38)25-30-39(40)42(35-22-11-4-12-23-35)37-28-26-36(27-29-37)41(33-18-7-2-8-19-33)34-20-9-3-10-21-34/h1-30H. The van der Waals surface area contributed by atoms with E-state index >= 15 is 0 Å². The zero-order chi connectivity index (χ0) is 28.1. The zero-order valence-electron chi connectivity index (χ0n) is 23.2. The minimum Gasteiger partial charge on any atom is -0.311 e. The third kappa shape index (κ3) is 4.91. The van der Waals surface area contributed by atoms with Crippen molar-refractivity contribution in [2.75, 3.05) is 9.80 Å². The fraction of sp³-hybridized carbons (Fsp3) is 0. The van der Waals surface area contributed by atoms with Crippen LogP contribution in [0, 0.1) is 0 Å². The number of para-hydroxylation sites is 3. The van der Waals surface area contributed by atoms with Crippen LogP contribution in [0.4, 0.5) is 34.1 Å². The molecule has 0 heterocycles. The van der Waals surface area contributed by atoms with Crippen molar-refractivity contribution in [2.24, 2.45) is 0 Å². The Labute approximate surface area is 247 Å². The maximum absolute atomic E-state index is 2.37. The van der Waals surface area contributed by atoms with Crippen molar-refractivity contribution in [3.05, 3.63) is 182 Å². The van der Waals surface area contributed by atoms with Crippen LogP contribution in [0.1, 0.15) is 0 Å². The molecule has 7 rings (SSSR count). The molecule has 7 aromatic carbocycles. The molecule has 0 bridgehead atoms. The van der Waals surface area contributed by atoms with Gasteiger partial charge in [0.15, 0.2) is 0 Å². The monoisotopic (exact) mass is 538 g/mol. The highest BCUT2D eigenvalue weighted by atomic mass is 15.2. The lowest BCUT2D eigenvalue weighted by molar-refractivity contribution is 1.26. The Morgan fingerprint density at radius 3 is 1.24 bits per heavy atom. The minimum absolute atomic E-state index is 1.10. The fourth-order valence-corrected chi connectivity index (χ4v) is 5.71. The van der Waals surface area contributed by atoms with Gasteiger partial charge in [0.05, 0.1) is 5.69 Å². The first-order chi connectivity index (χ1) is 20.9. The molecule has 0 saturated carbocycles. The van der Waals surface area contributed by atoms with Crippen LogP contribution < -0.4 is 9.80 Å². The number of fused-ring (bicyclic) bond motifs is 1. The van der Waals surface area contributed by atoms with Gasteiger partial charge in [-0.25, -0.2) is 0 Å². The smallest absolute Gasteiger partial charge is 0.0546 e. The molecule has 0 fully saturated rings. The Morgan fingerprint density at radius 1 is 0.286 bits per heavy atom. The number of hydrogen-bond acceptors (Lipinski definition) is 2. The van der Waals surface area contributed by atoms with E-state index in [9.17, 15) is 0 Å². The number of benzene rings is 7. The fourth-order valence-electron chi connectivity index (χ4n) is 5.71. The summed E-state index contributed by atoms with van der Waals surface area (Å²) in [5.74, 6) is 0. The Balaban J connectivity index is 1.40. The number of hydrogen-bond donors (Lipinski definition) is 0. The summed E-state index contributed by atoms with van der Waals surface area (Å²) in [5.41, 5.74) is 9.11. The quantitative estimate of drug-likeness (QED) is 0.199. The van der Waals surface area contributed by atoms with Crippen LogP contribution in [0.25, 0.3) is 21.9 Å². The van der Waals surface area contributed by atoms with E-state index in [-0.39, 0.29) is 0 Å². The molecule has 2 heteroatoms. The van der Waals surface area contributed by atoms with Gasteiger partial charge in [-0.1, -0.05) is 115 Å². The molecule has 200 valence electrons. The van der Waals surface area contributed by atoms with E-state index in [0.717, 1.165) is 34.1 Å². The Morgan fingerprint density at radius 2 is 0.690 bits per heavy atom. The van der Waals surface area contributed by atoms with E-state index < -0.39 is 0 Å². The molecule has 0 atom stereocenters. The van der Waals surface area contributed by atoms with Crippen LogP contribution in [-0.4, -0.2) is 0 Å². The first-order valence-corrected chi connectivity index (χ1v) is 14.3. The van der Waals surface area contributed by atoms with Gasteiger partial charge in [-0.15, -0.1) is 0 Å². The van der Waals surface area contributed by atoms with Crippen molar-refractivity contribution >= 4 is 44.9 Å². The topological polar surface area (TPSA) is 6.48 Å². The summed E-state index contributed by atoms with van der Waals surface area (Å²) in [4.78, 5) is 4.66. The second kappa shape index (κ2) is 11.5. The van der Waals surface area contributed by atoms with Crippen molar-refractivity contribution in [3.8, 4) is 11.1 Å². The summed E-state index contributed by atoms with van der Waals surface area (Å²) in [6.07, 6.45) is 0. The summed E-state index contributed by atoms with van der Waals surface area (Å²) >= 11 is 0. The third-order valence-electron chi connectivity index (χ3n) is 7.62. The van der Waals surface area contributed by atoms with Gasteiger partial charge >= 0.3 is 0 Å². The van der Waals surface area contributed by atoms with Crippen molar-refractivity contribution in [1.82, 2.24) is 0 Å². The van der Waals surface area contributed by atoms with Crippen molar-refractivity contribution < 1.29 is 0 Å². The molecule has 2 nitrogen and oxygen atoms in total. The molecule has 0 N–H and O–H groups in total. The molecule has 0 amide bonds. The van der Waals surface area contributed by atoms with Crippen LogP contribution >= 0.6 is 0 Å². The summed E-state index contributed by atoms with van der Waals surface area (Å²) in [5, 5.41) is 2.46. The highest BCUT2D eigenvalue weighted by molar-refractivity contribution is 6.05. The van der Waals surface area contributed by atoms with Crippen LogP contribution in [0.3, 0.4) is 0 Å². The molecule has 0 aliphatic carbocycles. The lowest BCUT2D eigenvalue weighted by Crippen LogP contribution is -2.13. The summed E-state index contributed by atoms with van der Waals surface area (Å²) < 4.78 is 0. The van der Waals surface area contributed by atoms with E-state index in [4.69, 9.17) is 0 Å². The zero-order valence-corrected chi connectivity index (χ0v) is 23.2. The third-order valence-corrected chi connectivity index (χ3v) is 7.62. The van der Waals surface area contributed by atoms with Gasteiger partial charge in [-0.3, -0.25) is 0 Å². The molecule has 0 unspecified atom stereocenters. The maximum atomic E-state index is 2.37. The van der Waals surface area contributed by atoms with Gasteiger partial charge in [0.2, 0.25) is 0 Å². The molecule has 0 saturated heterocycles. The van der Waals surface area contributed by atoms with Crippen LogP contribution in [-0.2, 0) is 0 Å². The SMILES string of the molecule is c1ccc(-c2c(N(c3ccccc3)c3ccc(N(c4ccccc4)c4ccccc4)cc3)ccc3ccccc23)cc1. The highest BCUT2D eigenvalue weighted by Gasteiger charge is 2.20. The average Bonchev–Trinajstić information content (AvgIpc) is 3.07. The van der Waals surface area contributed by atoms with E-state index in [2.05, 4.69) is 192 Å². The maximum Gasteiger partial charge on any atom is 0.0546 e. The highest BCUT2D eigenvalue weighted by Crippen LogP contribution is 2.45. The molecule has 42 heavy (non-hydrogen) atoms. The molecule has 0 spiro atoms. The van der Waals surface area contributed by atoms with Crippen molar-refractivity contribution in [1.29, 1.82) is 0 Å². The van der Waals surface area contributed by atoms with Gasteiger partial charge in [0, 0.05) is 34.0 Å². The first kappa shape index (κ1) is 25.4. The molecule has 0 radical (unpaired) electrons. The van der Waals surface area contributed by atoms with E-state index in [1.807, 2.05) is 0 Å². The first-order valence-electron chi connectivity index (χ1n) is 14.3. The van der Waals surface area contributed by atoms with Gasteiger partial charge in [-0.05, 0) is 83.1 Å². The van der Waals surface area contributed by atoms with Crippen LogP contribution in [0.5, 0.6) is 0 Å².